The zero-order valence-corrected chi connectivity index (χ0v) is 8.29. The maximum absolute atomic E-state index is 12.3. The summed E-state index contributed by atoms with van der Waals surface area (Å²) in [5.74, 6) is -0.623. The molecule has 0 bridgehead atoms. The van der Waals surface area contributed by atoms with Gasteiger partial charge in [-0.3, -0.25) is 0 Å². The Morgan fingerprint density at radius 2 is 2.00 bits per heavy atom. The minimum absolute atomic E-state index is 0.381. The van der Waals surface area contributed by atoms with Crippen LogP contribution >= 0.6 is 0 Å². The molecule has 1 unspecified atom stereocenters. The van der Waals surface area contributed by atoms with Crippen molar-refractivity contribution >= 4 is 5.97 Å². The van der Waals surface area contributed by atoms with Crippen LogP contribution in [0.15, 0.2) is 24.3 Å². The van der Waals surface area contributed by atoms with Crippen LogP contribution < -0.4 is 0 Å². The van der Waals surface area contributed by atoms with Gasteiger partial charge in [-0.25, -0.2) is 9.18 Å². The SMILES string of the molecule is CCc1ccc(C(=O)OC(C)F)cc1. The predicted molar refractivity (Wildman–Crippen MR) is 51.8 cm³/mol. The van der Waals surface area contributed by atoms with Crippen molar-refractivity contribution in [3.63, 3.8) is 0 Å². The van der Waals surface area contributed by atoms with Crippen LogP contribution in [0.3, 0.4) is 0 Å². The lowest BCUT2D eigenvalue weighted by molar-refractivity contribution is -0.00574. The molecule has 0 fully saturated rings. The Hall–Kier alpha value is -1.38. The Bertz CT molecular complexity index is 304. The van der Waals surface area contributed by atoms with Gasteiger partial charge in [0.25, 0.3) is 0 Å². The van der Waals surface area contributed by atoms with Gasteiger partial charge in [-0.1, -0.05) is 19.1 Å². The average Bonchev–Trinajstić information content (AvgIpc) is 2.17. The fourth-order valence-electron chi connectivity index (χ4n) is 1.09. The molecule has 76 valence electrons. The molecule has 2 nitrogen and oxygen atoms in total. The Labute approximate surface area is 82.7 Å². The highest BCUT2D eigenvalue weighted by molar-refractivity contribution is 5.89. The quantitative estimate of drug-likeness (QED) is 0.695. The number of benzene rings is 1. The Morgan fingerprint density at radius 3 is 2.43 bits per heavy atom. The van der Waals surface area contributed by atoms with Gasteiger partial charge in [0, 0.05) is 6.92 Å². The minimum atomic E-state index is -1.56. The highest BCUT2D eigenvalue weighted by Crippen LogP contribution is 2.07. The van der Waals surface area contributed by atoms with E-state index < -0.39 is 12.3 Å². The fraction of sp³-hybridized carbons (Fsp3) is 0.364. The number of hydrogen-bond donors (Lipinski definition) is 0. The number of esters is 1. The number of hydrogen-bond acceptors (Lipinski definition) is 2. The molecule has 0 radical (unpaired) electrons. The number of carbonyl (C=O) groups excluding carboxylic acids is 1. The molecule has 0 aromatic heterocycles. The monoisotopic (exact) mass is 196 g/mol. The lowest BCUT2D eigenvalue weighted by Crippen LogP contribution is -2.10. The second kappa shape index (κ2) is 4.74. The van der Waals surface area contributed by atoms with E-state index >= 15 is 0 Å². The topological polar surface area (TPSA) is 26.3 Å². The van der Waals surface area contributed by atoms with Crippen LogP contribution in [0.5, 0.6) is 0 Å². The molecule has 0 amide bonds. The van der Waals surface area contributed by atoms with Gasteiger partial charge in [-0.05, 0) is 24.1 Å². The summed E-state index contributed by atoms with van der Waals surface area (Å²) >= 11 is 0. The van der Waals surface area contributed by atoms with Crippen LogP contribution in [0, 0.1) is 0 Å². The van der Waals surface area contributed by atoms with E-state index in [1.54, 1.807) is 12.1 Å². The zero-order chi connectivity index (χ0) is 10.6. The molecule has 3 heteroatoms. The van der Waals surface area contributed by atoms with E-state index in [4.69, 9.17) is 0 Å². The fourth-order valence-corrected chi connectivity index (χ4v) is 1.09. The number of rotatable bonds is 3. The second-order valence-electron chi connectivity index (χ2n) is 3.00. The lowest BCUT2D eigenvalue weighted by Gasteiger charge is -2.05. The smallest absolute Gasteiger partial charge is 0.340 e. The molecular formula is C11H13FO2. The van der Waals surface area contributed by atoms with Gasteiger partial charge >= 0.3 is 5.97 Å². The Balaban J connectivity index is 2.71. The van der Waals surface area contributed by atoms with E-state index in [0.29, 0.717) is 5.56 Å². The normalized spacial score (nSPS) is 12.2. The number of ether oxygens (including phenoxy) is 1. The molecule has 0 aliphatic rings. The molecule has 1 rings (SSSR count). The molecule has 1 aromatic carbocycles. The molecule has 0 saturated heterocycles. The van der Waals surface area contributed by atoms with E-state index in [9.17, 15) is 9.18 Å². The maximum atomic E-state index is 12.3. The van der Waals surface area contributed by atoms with Crippen LogP contribution in [0.2, 0.25) is 0 Å². The average molecular weight is 196 g/mol. The summed E-state index contributed by atoms with van der Waals surface area (Å²) in [5.41, 5.74) is 1.52. The van der Waals surface area contributed by atoms with Crippen molar-refractivity contribution in [1.82, 2.24) is 0 Å². The summed E-state index contributed by atoms with van der Waals surface area (Å²) in [6.45, 7) is 3.20. The van der Waals surface area contributed by atoms with E-state index in [1.165, 1.54) is 6.92 Å². The van der Waals surface area contributed by atoms with Crippen LogP contribution in [-0.2, 0) is 11.2 Å². The molecule has 1 aromatic rings. The van der Waals surface area contributed by atoms with Crippen molar-refractivity contribution in [2.75, 3.05) is 0 Å². The first kappa shape index (κ1) is 10.7. The molecule has 0 spiro atoms. The van der Waals surface area contributed by atoms with E-state index in [2.05, 4.69) is 4.74 Å². The number of carbonyl (C=O) groups is 1. The first-order valence-corrected chi connectivity index (χ1v) is 4.57. The van der Waals surface area contributed by atoms with Crippen LogP contribution in [-0.4, -0.2) is 12.3 Å². The van der Waals surface area contributed by atoms with Crippen molar-refractivity contribution in [2.45, 2.75) is 26.6 Å². The molecule has 0 heterocycles. The van der Waals surface area contributed by atoms with Gasteiger partial charge in [0.15, 0.2) is 0 Å². The summed E-state index contributed by atoms with van der Waals surface area (Å²) in [6.07, 6.45) is -0.650. The Morgan fingerprint density at radius 1 is 1.43 bits per heavy atom. The van der Waals surface area contributed by atoms with Gasteiger partial charge in [0.1, 0.15) is 0 Å². The zero-order valence-electron chi connectivity index (χ0n) is 8.29. The van der Waals surface area contributed by atoms with Crippen LogP contribution in [0.4, 0.5) is 4.39 Å². The van der Waals surface area contributed by atoms with Crippen molar-refractivity contribution in [3.8, 4) is 0 Å². The third-order valence-corrected chi connectivity index (χ3v) is 1.87. The number of alkyl halides is 1. The molecule has 0 N–H and O–H groups in total. The number of aryl methyl sites for hydroxylation is 1. The molecule has 1 atom stereocenters. The van der Waals surface area contributed by atoms with Gasteiger partial charge < -0.3 is 4.74 Å². The van der Waals surface area contributed by atoms with Gasteiger partial charge in [-0.15, -0.1) is 0 Å². The summed E-state index contributed by atoms with van der Waals surface area (Å²) in [7, 11) is 0. The van der Waals surface area contributed by atoms with Crippen molar-refractivity contribution in [1.29, 1.82) is 0 Å². The maximum Gasteiger partial charge on any atom is 0.340 e. The molecule has 0 aliphatic carbocycles. The first-order valence-electron chi connectivity index (χ1n) is 4.57. The highest BCUT2D eigenvalue weighted by atomic mass is 19.1. The molecular weight excluding hydrogens is 183 g/mol. The largest absolute Gasteiger partial charge is 0.428 e. The first-order chi connectivity index (χ1) is 6.63. The summed E-state index contributed by atoms with van der Waals surface area (Å²) < 4.78 is 16.7. The summed E-state index contributed by atoms with van der Waals surface area (Å²) in [4.78, 5) is 11.2. The van der Waals surface area contributed by atoms with Gasteiger partial charge in [0.05, 0.1) is 5.56 Å². The summed E-state index contributed by atoms with van der Waals surface area (Å²) in [5, 5.41) is 0. The number of halogens is 1. The van der Waals surface area contributed by atoms with Gasteiger partial charge in [0.2, 0.25) is 6.36 Å². The molecule has 0 aliphatic heterocycles. The van der Waals surface area contributed by atoms with E-state index in [1.807, 2.05) is 19.1 Å². The Kier molecular flexibility index (Phi) is 3.63. The van der Waals surface area contributed by atoms with Crippen molar-refractivity contribution in [3.05, 3.63) is 35.4 Å². The third-order valence-electron chi connectivity index (χ3n) is 1.87. The van der Waals surface area contributed by atoms with E-state index in [-0.39, 0.29) is 0 Å². The van der Waals surface area contributed by atoms with Gasteiger partial charge in [-0.2, -0.15) is 0 Å². The van der Waals surface area contributed by atoms with Crippen LogP contribution in [0.25, 0.3) is 0 Å². The van der Waals surface area contributed by atoms with Crippen LogP contribution in [0.1, 0.15) is 29.8 Å². The minimum Gasteiger partial charge on any atom is -0.428 e. The predicted octanol–water partition coefficient (Wildman–Crippen LogP) is 2.72. The van der Waals surface area contributed by atoms with Crippen molar-refractivity contribution in [2.24, 2.45) is 0 Å². The second-order valence-corrected chi connectivity index (χ2v) is 3.00. The highest BCUT2D eigenvalue weighted by Gasteiger charge is 2.09. The lowest BCUT2D eigenvalue weighted by atomic mass is 10.1. The molecule has 0 saturated carbocycles. The summed E-state index contributed by atoms with van der Waals surface area (Å²) in [6, 6.07) is 6.95. The molecule has 14 heavy (non-hydrogen) atoms. The standard InChI is InChI=1S/C11H13FO2/c1-3-9-4-6-10(7-5-9)11(13)14-8(2)12/h4-8H,3H2,1-2H3. The van der Waals surface area contributed by atoms with E-state index in [0.717, 1.165) is 12.0 Å². The van der Waals surface area contributed by atoms with Crippen molar-refractivity contribution < 1.29 is 13.9 Å². The third kappa shape index (κ3) is 2.83.